The van der Waals surface area contributed by atoms with Crippen molar-refractivity contribution in [3.8, 4) is 5.88 Å². The lowest BCUT2D eigenvalue weighted by Gasteiger charge is -2.30. The standard InChI is InChI=1S/C25H37N3O2/c1-4-22(17-21-13-9-6-10-14-21)19(2)27-24(29)23-18-26-28(3)25(23)30-16-15-20-11-7-5-8-12-20/h5,7-8,11-12,18-19,21-22H,4,6,9-10,13-17H2,1-3H3,(H,27,29). The van der Waals surface area contributed by atoms with E-state index in [2.05, 4.69) is 36.4 Å². The maximum absolute atomic E-state index is 13.0. The molecule has 1 saturated carbocycles. The SMILES string of the molecule is CCC(CC1CCCCC1)C(C)NC(=O)c1cnn(C)c1OCCc1ccccc1. The number of carbonyl (C=O) groups excluding carboxylic acids is 1. The summed E-state index contributed by atoms with van der Waals surface area (Å²) in [6.45, 7) is 4.89. The molecule has 2 aromatic rings. The Bertz CT molecular complexity index is 781. The van der Waals surface area contributed by atoms with Crippen LogP contribution in [0.4, 0.5) is 0 Å². The van der Waals surface area contributed by atoms with Gasteiger partial charge in [0.05, 0.1) is 12.8 Å². The van der Waals surface area contributed by atoms with Crippen LogP contribution in [0.5, 0.6) is 5.88 Å². The van der Waals surface area contributed by atoms with Crippen LogP contribution in [0.3, 0.4) is 0 Å². The van der Waals surface area contributed by atoms with Crippen LogP contribution in [0.25, 0.3) is 0 Å². The molecule has 2 atom stereocenters. The lowest BCUT2D eigenvalue weighted by molar-refractivity contribution is 0.0914. The van der Waals surface area contributed by atoms with Crippen molar-refractivity contribution in [3.05, 3.63) is 47.7 Å². The summed E-state index contributed by atoms with van der Waals surface area (Å²) in [5.74, 6) is 1.78. The Balaban J connectivity index is 1.56. The molecule has 5 nitrogen and oxygen atoms in total. The fraction of sp³-hybridized carbons (Fsp3) is 0.600. The van der Waals surface area contributed by atoms with E-state index >= 15 is 0 Å². The molecule has 1 N–H and O–H groups in total. The highest BCUT2D eigenvalue weighted by molar-refractivity contribution is 5.96. The second-order valence-electron chi connectivity index (χ2n) is 8.74. The second-order valence-corrected chi connectivity index (χ2v) is 8.74. The maximum Gasteiger partial charge on any atom is 0.258 e. The molecule has 164 valence electrons. The Hall–Kier alpha value is -2.30. The molecular weight excluding hydrogens is 374 g/mol. The number of aryl methyl sites for hydroxylation is 1. The molecule has 0 spiro atoms. The van der Waals surface area contributed by atoms with Gasteiger partial charge in [0.15, 0.2) is 0 Å². The van der Waals surface area contributed by atoms with Gasteiger partial charge < -0.3 is 10.1 Å². The first-order chi connectivity index (χ1) is 14.6. The Morgan fingerprint density at radius 1 is 1.23 bits per heavy atom. The summed E-state index contributed by atoms with van der Waals surface area (Å²) in [4.78, 5) is 13.0. The largest absolute Gasteiger partial charge is 0.477 e. The van der Waals surface area contributed by atoms with Gasteiger partial charge in [0.2, 0.25) is 5.88 Å². The van der Waals surface area contributed by atoms with Gasteiger partial charge in [-0.1, -0.05) is 75.8 Å². The summed E-state index contributed by atoms with van der Waals surface area (Å²) in [5.41, 5.74) is 1.73. The molecule has 0 saturated heterocycles. The van der Waals surface area contributed by atoms with Crippen molar-refractivity contribution in [2.24, 2.45) is 18.9 Å². The average molecular weight is 412 g/mol. The molecular formula is C25H37N3O2. The molecule has 1 heterocycles. The van der Waals surface area contributed by atoms with E-state index in [4.69, 9.17) is 4.74 Å². The van der Waals surface area contributed by atoms with Gasteiger partial charge in [-0.2, -0.15) is 5.10 Å². The molecule has 1 amide bonds. The molecule has 30 heavy (non-hydrogen) atoms. The van der Waals surface area contributed by atoms with Crippen molar-refractivity contribution in [2.45, 2.75) is 71.3 Å². The van der Waals surface area contributed by atoms with E-state index in [-0.39, 0.29) is 11.9 Å². The van der Waals surface area contributed by atoms with Gasteiger partial charge in [0.1, 0.15) is 5.56 Å². The van der Waals surface area contributed by atoms with Crippen molar-refractivity contribution in [3.63, 3.8) is 0 Å². The third kappa shape index (κ3) is 6.10. The predicted octanol–water partition coefficient (Wildman–Crippen LogP) is 5.16. The van der Waals surface area contributed by atoms with Crippen molar-refractivity contribution >= 4 is 5.91 Å². The van der Waals surface area contributed by atoms with Gasteiger partial charge in [-0.05, 0) is 30.7 Å². The Morgan fingerprint density at radius 3 is 2.67 bits per heavy atom. The fourth-order valence-corrected chi connectivity index (χ4v) is 4.64. The van der Waals surface area contributed by atoms with Gasteiger partial charge in [0, 0.05) is 19.5 Å². The topological polar surface area (TPSA) is 56.2 Å². The average Bonchev–Trinajstić information content (AvgIpc) is 3.14. The first-order valence-corrected chi connectivity index (χ1v) is 11.6. The van der Waals surface area contributed by atoms with E-state index in [1.165, 1.54) is 44.1 Å². The first kappa shape index (κ1) is 22.4. The molecule has 1 aliphatic rings. The van der Waals surface area contributed by atoms with Gasteiger partial charge in [-0.25, -0.2) is 4.68 Å². The zero-order valence-corrected chi connectivity index (χ0v) is 18.8. The summed E-state index contributed by atoms with van der Waals surface area (Å²) in [6, 6.07) is 10.4. The molecule has 3 rings (SSSR count). The number of amides is 1. The van der Waals surface area contributed by atoms with E-state index in [1.54, 1.807) is 10.9 Å². The Kier molecular flexibility index (Phi) is 8.35. The van der Waals surface area contributed by atoms with Gasteiger partial charge in [-0.3, -0.25) is 4.79 Å². The molecule has 0 bridgehead atoms. The van der Waals surface area contributed by atoms with E-state index in [1.807, 2.05) is 25.2 Å². The highest BCUT2D eigenvalue weighted by Crippen LogP contribution is 2.31. The quantitative estimate of drug-likeness (QED) is 0.588. The van der Waals surface area contributed by atoms with Crippen LogP contribution in [0.15, 0.2) is 36.5 Å². The smallest absolute Gasteiger partial charge is 0.258 e. The number of ether oxygens (including phenoxy) is 1. The van der Waals surface area contributed by atoms with E-state index in [9.17, 15) is 4.79 Å². The Labute approximate surface area is 181 Å². The molecule has 1 aliphatic carbocycles. The fourth-order valence-electron chi connectivity index (χ4n) is 4.64. The van der Waals surface area contributed by atoms with E-state index < -0.39 is 0 Å². The predicted molar refractivity (Wildman–Crippen MR) is 121 cm³/mol. The number of nitrogens with one attached hydrogen (secondary N) is 1. The number of aromatic nitrogens is 2. The van der Waals surface area contributed by atoms with Crippen LogP contribution in [-0.2, 0) is 13.5 Å². The van der Waals surface area contributed by atoms with E-state index in [0.29, 0.717) is 24.0 Å². The summed E-state index contributed by atoms with van der Waals surface area (Å²) < 4.78 is 7.61. The van der Waals surface area contributed by atoms with Crippen LogP contribution >= 0.6 is 0 Å². The summed E-state index contributed by atoms with van der Waals surface area (Å²) >= 11 is 0. The summed E-state index contributed by atoms with van der Waals surface area (Å²) in [6.07, 6.45) is 11.5. The Morgan fingerprint density at radius 2 is 1.97 bits per heavy atom. The van der Waals surface area contributed by atoms with Crippen molar-refractivity contribution in [1.82, 2.24) is 15.1 Å². The van der Waals surface area contributed by atoms with Crippen LogP contribution in [0.1, 0.15) is 74.7 Å². The number of rotatable bonds is 10. The highest BCUT2D eigenvalue weighted by Gasteiger charge is 2.25. The number of hydrogen-bond donors (Lipinski definition) is 1. The lowest BCUT2D eigenvalue weighted by atomic mass is 9.80. The summed E-state index contributed by atoms with van der Waals surface area (Å²) in [7, 11) is 1.82. The van der Waals surface area contributed by atoms with Gasteiger partial charge in [0.25, 0.3) is 5.91 Å². The summed E-state index contributed by atoms with van der Waals surface area (Å²) in [5, 5.41) is 7.49. The molecule has 1 aromatic heterocycles. The van der Waals surface area contributed by atoms with Crippen LogP contribution in [0.2, 0.25) is 0 Å². The molecule has 5 heteroatoms. The highest BCUT2D eigenvalue weighted by atomic mass is 16.5. The zero-order valence-electron chi connectivity index (χ0n) is 18.8. The van der Waals surface area contributed by atoms with E-state index in [0.717, 1.165) is 18.8 Å². The van der Waals surface area contributed by atoms with Gasteiger partial charge >= 0.3 is 0 Å². The number of hydrogen-bond acceptors (Lipinski definition) is 3. The number of carbonyl (C=O) groups is 1. The minimum atomic E-state index is -0.0904. The normalized spacial score (nSPS) is 16.8. The van der Waals surface area contributed by atoms with Crippen LogP contribution in [0, 0.1) is 11.8 Å². The monoisotopic (exact) mass is 411 g/mol. The van der Waals surface area contributed by atoms with Crippen molar-refractivity contribution in [2.75, 3.05) is 6.61 Å². The molecule has 1 fully saturated rings. The minimum Gasteiger partial charge on any atom is -0.477 e. The molecule has 2 unspecified atom stereocenters. The molecule has 0 aliphatic heterocycles. The number of benzene rings is 1. The van der Waals surface area contributed by atoms with Crippen molar-refractivity contribution < 1.29 is 9.53 Å². The maximum atomic E-state index is 13.0. The minimum absolute atomic E-state index is 0.0904. The third-order valence-corrected chi connectivity index (χ3v) is 6.55. The van der Waals surface area contributed by atoms with Crippen molar-refractivity contribution in [1.29, 1.82) is 0 Å². The third-order valence-electron chi connectivity index (χ3n) is 6.55. The van der Waals surface area contributed by atoms with Crippen LogP contribution < -0.4 is 10.1 Å². The van der Waals surface area contributed by atoms with Gasteiger partial charge in [-0.15, -0.1) is 0 Å². The lowest BCUT2D eigenvalue weighted by Crippen LogP contribution is -2.39. The zero-order chi connectivity index (χ0) is 21.3. The van der Waals surface area contributed by atoms with Crippen LogP contribution in [-0.4, -0.2) is 28.3 Å². The molecule has 1 aromatic carbocycles. The first-order valence-electron chi connectivity index (χ1n) is 11.6. The second kappa shape index (κ2) is 11.2. The molecule has 0 radical (unpaired) electrons. The number of nitrogens with zero attached hydrogens (tertiary/aromatic N) is 2.